The monoisotopic (exact) mass is 356 g/mol. The zero-order chi connectivity index (χ0) is 17.8. The number of anilines is 1. The third-order valence-electron chi connectivity index (χ3n) is 3.63. The van der Waals surface area contributed by atoms with E-state index < -0.39 is 11.7 Å². The van der Waals surface area contributed by atoms with Gasteiger partial charge in [0.25, 0.3) is 5.91 Å². The second-order valence-electron chi connectivity index (χ2n) is 5.23. The smallest absolute Gasteiger partial charge is 0.258 e. The van der Waals surface area contributed by atoms with E-state index in [1.165, 1.54) is 12.3 Å². The topological polar surface area (TPSA) is 51.2 Å². The third kappa shape index (κ3) is 3.78. The largest absolute Gasteiger partial charge is 0.496 e. The van der Waals surface area contributed by atoms with Gasteiger partial charge in [0.1, 0.15) is 5.75 Å². The molecule has 4 nitrogen and oxygen atoms in total. The minimum atomic E-state index is -0.666. The van der Waals surface area contributed by atoms with Crippen LogP contribution in [0.5, 0.6) is 5.75 Å². The summed E-state index contributed by atoms with van der Waals surface area (Å²) in [6.45, 7) is 0. The molecule has 0 saturated heterocycles. The summed E-state index contributed by atoms with van der Waals surface area (Å²) in [5, 5.41) is 3.25. The van der Waals surface area contributed by atoms with E-state index >= 15 is 0 Å². The Morgan fingerprint density at radius 2 is 1.92 bits per heavy atom. The zero-order valence-electron chi connectivity index (χ0n) is 13.3. The predicted molar refractivity (Wildman–Crippen MR) is 95.6 cm³/mol. The Hall–Kier alpha value is -2.92. The lowest BCUT2D eigenvalue weighted by Crippen LogP contribution is -2.13. The van der Waals surface area contributed by atoms with Crippen LogP contribution in [0.4, 0.5) is 10.1 Å². The number of rotatable bonds is 4. The van der Waals surface area contributed by atoms with E-state index in [-0.39, 0.29) is 5.56 Å². The minimum absolute atomic E-state index is 0.0596. The average molecular weight is 357 g/mol. The third-order valence-corrected chi connectivity index (χ3v) is 3.87. The number of ether oxygens (including phenoxy) is 1. The van der Waals surface area contributed by atoms with Gasteiger partial charge in [0.05, 0.1) is 18.9 Å². The van der Waals surface area contributed by atoms with E-state index in [4.69, 9.17) is 16.3 Å². The normalized spacial score (nSPS) is 10.4. The number of hydrogen-bond donors (Lipinski definition) is 1. The number of methoxy groups -OCH3 is 1. The molecule has 0 aliphatic rings. The van der Waals surface area contributed by atoms with Crippen molar-refractivity contribution in [2.75, 3.05) is 12.4 Å². The highest BCUT2D eigenvalue weighted by molar-refractivity contribution is 6.31. The van der Waals surface area contributed by atoms with Gasteiger partial charge in [0.2, 0.25) is 0 Å². The van der Waals surface area contributed by atoms with E-state index in [0.717, 1.165) is 17.3 Å². The molecule has 1 amide bonds. The molecule has 6 heteroatoms. The lowest BCUT2D eigenvalue weighted by molar-refractivity contribution is 0.102. The van der Waals surface area contributed by atoms with E-state index in [2.05, 4.69) is 10.3 Å². The summed E-state index contributed by atoms with van der Waals surface area (Å²) in [5.74, 6) is -0.506. The molecule has 0 aliphatic heterocycles. The number of benzene rings is 2. The molecule has 1 N–H and O–H groups in total. The Morgan fingerprint density at radius 3 is 2.60 bits per heavy atom. The lowest BCUT2D eigenvalue weighted by Gasteiger charge is -2.10. The maximum absolute atomic E-state index is 13.6. The van der Waals surface area contributed by atoms with Crippen LogP contribution in [0.2, 0.25) is 5.02 Å². The maximum Gasteiger partial charge on any atom is 0.258 e. The number of hydrogen-bond acceptors (Lipinski definition) is 3. The second-order valence-corrected chi connectivity index (χ2v) is 5.67. The van der Waals surface area contributed by atoms with Crippen molar-refractivity contribution < 1.29 is 13.9 Å². The van der Waals surface area contributed by atoms with Gasteiger partial charge in [-0.15, -0.1) is 0 Å². The van der Waals surface area contributed by atoms with Gasteiger partial charge >= 0.3 is 0 Å². The van der Waals surface area contributed by atoms with Crippen molar-refractivity contribution >= 4 is 23.2 Å². The fraction of sp³-hybridized carbons (Fsp3) is 0.0526. The molecule has 0 saturated carbocycles. The van der Waals surface area contributed by atoms with Gasteiger partial charge in [-0.3, -0.25) is 9.78 Å². The van der Waals surface area contributed by atoms with Gasteiger partial charge in [0.15, 0.2) is 5.82 Å². The summed E-state index contributed by atoms with van der Waals surface area (Å²) in [5.41, 5.74) is 2.21. The number of pyridine rings is 1. The molecule has 0 fully saturated rings. The first-order chi connectivity index (χ1) is 12.1. The first kappa shape index (κ1) is 16.9. The minimum Gasteiger partial charge on any atom is -0.496 e. The Balaban J connectivity index is 1.83. The van der Waals surface area contributed by atoms with E-state index in [9.17, 15) is 9.18 Å². The van der Waals surface area contributed by atoms with Crippen LogP contribution in [0.3, 0.4) is 0 Å². The molecule has 0 radical (unpaired) electrons. The molecule has 3 aromatic rings. The molecule has 126 valence electrons. The molecule has 0 unspecified atom stereocenters. The number of nitrogens with one attached hydrogen (secondary N) is 1. The number of aromatic nitrogens is 1. The summed E-state index contributed by atoms with van der Waals surface area (Å²) in [4.78, 5) is 15.7. The standard InChI is InChI=1S/C19H14ClFN2O2/c1-25-18-7-4-13(20)10-16(18)12-2-5-14(6-3-12)23-19(24)15-8-9-22-11-17(15)21/h2-11H,1H3,(H,23,24). The van der Waals surface area contributed by atoms with Crippen LogP contribution in [0.25, 0.3) is 11.1 Å². The molecular formula is C19H14ClFN2O2. The fourth-order valence-electron chi connectivity index (χ4n) is 2.40. The molecule has 0 atom stereocenters. The highest BCUT2D eigenvalue weighted by Crippen LogP contribution is 2.33. The SMILES string of the molecule is COc1ccc(Cl)cc1-c1ccc(NC(=O)c2ccncc2F)cc1. The van der Waals surface area contributed by atoms with Crippen LogP contribution < -0.4 is 10.1 Å². The summed E-state index contributed by atoms with van der Waals surface area (Å²) < 4.78 is 18.9. The van der Waals surface area contributed by atoms with Crippen LogP contribution in [0.1, 0.15) is 10.4 Å². The van der Waals surface area contributed by atoms with Crippen molar-refractivity contribution in [3.05, 3.63) is 77.3 Å². The van der Waals surface area contributed by atoms with Crippen LogP contribution >= 0.6 is 11.6 Å². The Morgan fingerprint density at radius 1 is 1.16 bits per heavy atom. The molecule has 1 heterocycles. The number of amides is 1. The lowest BCUT2D eigenvalue weighted by atomic mass is 10.0. The molecule has 25 heavy (non-hydrogen) atoms. The molecule has 0 aliphatic carbocycles. The molecule has 0 spiro atoms. The summed E-state index contributed by atoms with van der Waals surface area (Å²) >= 11 is 6.05. The molecule has 2 aromatic carbocycles. The van der Waals surface area contributed by atoms with Crippen molar-refractivity contribution in [2.45, 2.75) is 0 Å². The fourth-order valence-corrected chi connectivity index (χ4v) is 2.57. The van der Waals surface area contributed by atoms with Gasteiger partial charge in [-0.25, -0.2) is 4.39 Å². The molecule has 3 rings (SSSR count). The number of halogens is 2. The van der Waals surface area contributed by atoms with E-state index in [1.807, 2.05) is 12.1 Å². The van der Waals surface area contributed by atoms with E-state index in [0.29, 0.717) is 16.5 Å². The van der Waals surface area contributed by atoms with Crippen LogP contribution in [-0.4, -0.2) is 18.0 Å². The Kier molecular flexibility index (Phi) is 4.95. The van der Waals surface area contributed by atoms with Gasteiger partial charge in [-0.1, -0.05) is 23.7 Å². The molecule has 1 aromatic heterocycles. The first-order valence-corrected chi connectivity index (χ1v) is 7.81. The van der Waals surface area contributed by atoms with Crippen molar-refractivity contribution in [3.8, 4) is 16.9 Å². The highest BCUT2D eigenvalue weighted by atomic mass is 35.5. The highest BCUT2D eigenvalue weighted by Gasteiger charge is 2.12. The van der Waals surface area contributed by atoms with Gasteiger partial charge in [-0.05, 0) is 42.0 Å². The van der Waals surface area contributed by atoms with Crippen molar-refractivity contribution in [3.63, 3.8) is 0 Å². The summed E-state index contributed by atoms with van der Waals surface area (Å²) in [6.07, 6.45) is 2.37. The summed E-state index contributed by atoms with van der Waals surface area (Å²) in [7, 11) is 1.59. The van der Waals surface area contributed by atoms with Gasteiger partial charge < -0.3 is 10.1 Å². The summed E-state index contributed by atoms with van der Waals surface area (Å²) in [6, 6.07) is 13.8. The van der Waals surface area contributed by atoms with Crippen LogP contribution in [0.15, 0.2) is 60.9 Å². The zero-order valence-corrected chi connectivity index (χ0v) is 14.0. The number of carbonyl (C=O) groups excluding carboxylic acids is 1. The van der Waals surface area contributed by atoms with Crippen LogP contribution in [-0.2, 0) is 0 Å². The van der Waals surface area contributed by atoms with Crippen molar-refractivity contribution in [2.24, 2.45) is 0 Å². The second kappa shape index (κ2) is 7.32. The number of carbonyl (C=O) groups is 1. The van der Waals surface area contributed by atoms with E-state index in [1.54, 1.807) is 37.4 Å². The van der Waals surface area contributed by atoms with Gasteiger partial charge in [0, 0.05) is 22.5 Å². The van der Waals surface area contributed by atoms with Gasteiger partial charge in [-0.2, -0.15) is 0 Å². The van der Waals surface area contributed by atoms with Crippen molar-refractivity contribution in [1.82, 2.24) is 4.98 Å². The Bertz CT molecular complexity index is 914. The van der Waals surface area contributed by atoms with Crippen molar-refractivity contribution in [1.29, 1.82) is 0 Å². The molecular weight excluding hydrogens is 343 g/mol. The molecule has 0 bridgehead atoms. The number of nitrogens with zero attached hydrogens (tertiary/aromatic N) is 1. The first-order valence-electron chi connectivity index (χ1n) is 7.43. The van der Waals surface area contributed by atoms with Crippen LogP contribution in [0, 0.1) is 5.82 Å². The quantitative estimate of drug-likeness (QED) is 0.730. The Labute approximate surface area is 149 Å². The maximum atomic E-state index is 13.6. The predicted octanol–water partition coefficient (Wildman–Crippen LogP) is 4.80. The average Bonchev–Trinajstić information content (AvgIpc) is 2.62.